The van der Waals surface area contributed by atoms with Crippen molar-refractivity contribution in [1.82, 2.24) is 0 Å². The third kappa shape index (κ3) is 13.7. The van der Waals surface area contributed by atoms with Crippen molar-refractivity contribution < 1.29 is 9.53 Å². The first-order chi connectivity index (χ1) is 10.5. The molecule has 126 valence electrons. The van der Waals surface area contributed by atoms with Crippen LogP contribution >= 0.6 is 0 Å². The van der Waals surface area contributed by atoms with E-state index in [1.165, 1.54) is 18.4 Å². The van der Waals surface area contributed by atoms with Gasteiger partial charge in [-0.25, -0.2) is 4.79 Å². The maximum atomic E-state index is 11.6. The van der Waals surface area contributed by atoms with Crippen molar-refractivity contribution in [1.29, 1.82) is 0 Å². The van der Waals surface area contributed by atoms with Crippen molar-refractivity contribution in [2.24, 2.45) is 5.92 Å². The fourth-order valence-corrected chi connectivity index (χ4v) is 2.00. The third-order valence-electron chi connectivity index (χ3n) is 3.44. The van der Waals surface area contributed by atoms with E-state index in [0.717, 1.165) is 31.3 Å². The molecule has 1 atom stereocenters. The van der Waals surface area contributed by atoms with Crippen LogP contribution in [0.15, 0.2) is 35.5 Å². The van der Waals surface area contributed by atoms with E-state index in [4.69, 9.17) is 4.74 Å². The first-order valence-electron chi connectivity index (χ1n) is 8.60. The molecule has 0 heterocycles. The molecule has 0 aromatic carbocycles. The lowest BCUT2D eigenvalue weighted by Crippen LogP contribution is -2.02. The maximum Gasteiger partial charge on any atom is 0.331 e. The summed E-state index contributed by atoms with van der Waals surface area (Å²) in [6, 6.07) is 0. The minimum Gasteiger partial charge on any atom is -0.463 e. The van der Waals surface area contributed by atoms with Gasteiger partial charge in [-0.15, -0.1) is 0 Å². The lowest BCUT2D eigenvalue weighted by molar-refractivity contribution is -0.137. The van der Waals surface area contributed by atoms with Gasteiger partial charge in [-0.05, 0) is 51.5 Å². The van der Waals surface area contributed by atoms with Gasteiger partial charge in [-0.1, -0.05) is 56.9 Å². The van der Waals surface area contributed by atoms with E-state index < -0.39 is 0 Å². The van der Waals surface area contributed by atoms with E-state index in [9.17, 15) is 4.79 Å². The van der Waals surface area contributed by atoms with Gasteiger partial charge in [0.25, 0.3) is 0 Å². The molecule has 22 heavy (non-hydrogen) atoms. The van der Waals surface area contributed by atoms with Crippen LogP contribution in [0.2, 0.25) is 0 Å². The Morgan fingerprint density at radius 2 is 1.82 bits per heavy atom. The van der Waals surface area contributed by atoms with E-state index >= 15 is 0 Å². The second-order valence-corrected chi connectivity index (χ2v) is 6.38. The standard InChI is InChI=1S/C20H34O2/c1-6-7-8-9-15-22-20(21)16-19(5)12-10-11-18(4)14-13-17(2)3/h10,12-13,16,18H,6-9,11,14-15H2,1-5H3. The second-order valence-electron chi connectivity index (χ2n) is 6.38. The number of allylic oxidation sites excluding steroid dienone is 5. The molecule has 2 nitrogen and oxygen atoms in total. The summed E-state index contributed by atoms with van der Waals surface area (Å²) in [6.07, 6.45) is 14.6. The summed E-state index contributed by atoms with van der Waals surface area (Å²) in [5, 5.41) is 0. The number of carbonyl (C=O) groups is 1. The summed E-state index contributed by atoms with van der Waals surface area (Å²) in [5.74, 6) is 0.403. The Hall–Kier alpha value is -1.31. The normalized spacial score (nSPS) is 13.2. The molecule has 0 saturated carbocycles. The van der Waals surface area contributed by atoms with Crippen LogP contribution in [0.5, 0.6) is 0 Å². The van der Waals surface area contributed by atoms with Gasteiger partial charge in [0.2, 0.25) is 0 Å². The van der Waals surface area contributed by atoms with Crippen LogP contribution in [0.1, 0.15) is 73.1 Å². The summed E-state index contributed by atoms with van der Waals surface area (Å²) >= 11 is 0. The van der Waals surface area contributed by atoms with Gasteiger partial charge < -0.3 is 4.74 Å². The van der Waals surface area contributed by atoms with Crippen molar-refractivity contribution in [3.63, 3.8) is 0 Å². The van der Waals surface area contributed by atoms with Crippen molar-refractivity contribution in [2.45, 2.75) is 73.1 Å². The Morgan fingerprint density at radius 3 is 2.45 bits per heavy atom. The number of carbonyl (C=O) groups excluding carboxylic acids is 1. The van der Waals surface area contributed by atoms with Gasteiger partial charge in [-0.3, -0.25) is 0 Å². The molecule has 0 aromatic rings. The smallest absolute Gasteiger partial charge is 0.331 e. The molecule has 0 aromatic heterocycles. The molecule has 0 bridgehead atoms. The van der Waals surface area contributed by atoms with Gasteiger partial charge >= 0.3 is 5.97 Å². The first-order valence-corrected chi connectivity index (χ1v) is 8.60. The van der Waals surface area contributed by atoms with E-state index in [0.29, 0.717) is 12.5 Å². The maximum absolute atomic E-state index is 11.6. The highest BCUT2D eigenvalue weighted by Gasteiger charge is 1.99. The zero-order valence-corrected chi connectivity index (χ0v) is 15.2. The summed E-state index contributed by atoms with van der Waals surface area (Å²) in [5.41, 5.74) is 2.32. The lowest BCUT2D eigenvalue weighted by atomic mass is 10.0. The van der Waals surface area contributed by atoms with E-state index in [2.05, 4.69) is 39.8 Å². The average molecular weight is 306 g/mol. The monoisotopic (exact) mass is 306 g/mol. The Labute approximate surface area is 137 Å². The van der Waals surface area contributed by atoms with Crippen molar-refractivity contribution >= 4 is 5.97 Å². The molecular weight excluding hydrogens is 272 g/mol. The summed E-state index contributed by atoms with van der Waals surface area (Å²) < 4.78 is 5.19. The zero-order valence-electron chi connectivity index (χ0n) is 15.2. The van der Waals surface area contributed by atoms with Crippen LogP contribution in [0, 0.1) is 5.92 Å². The van der Waals surface area contributed by atoms with Crippen molar-refractivity contribution in [3.8, 4) is 0 Å². The molecule has 1 unspecified atom stereocenters. The highest BCUT2D eigenvalue weighted by atomic mass is 16.5. The fraction of sp³-hybridized carbons (Fsp3) is 0.650. The van der Waals surface area contributed by atoms with Gasteiger partial charge in [0.1, 0.15) is 0 Å². The Morgan fingerprint density at radius 1 is 1.09 bits per heavy atom. The van der Waals surface area contributed by atoms with Gasteiger partial charge in [0.05, 0.1) is 6.61 Å². The topological polar surface area (TPSA) is 26.3 Å². The van der Waals surface area contributed by atoms with Crippen LogP contribution in [-0.4, -0.2) is 12.6 Å². The van der Waals surface area contributed by atoms with E-state index in [-0.39, 0.29) is 5.97 Å². The minimum absolute atomic E-state index is 0.226. The molecule has 0 saturated heterocycles. The number of esters is 1. The quantitative estimate of drug-likeness (QED) is 0.154. The molecule has 0 N–H and O–H groups in total. The molecule has 0 fully saturated rings. The van der Waals surface area contributed by atoms with E-state index in [1.807, 2.05) is 13.0 Å². The van der Waals surface area contributed by atoms with Gasteiger partial charge in [0, 0.05) is 6.08 Å². The van der Waals surface area contributed by atoms with Gasteiger partial charge in [-0.2, -0.15) is 0 Å². The molecule has 0 amide bonds. The summed E-state index contributed by atoms with van der Waals surface area (Å²) in [4.78, 5) is 11.6. The Balaban J connectivity index is 3.97. The summed E-state index contributed by atoms with van der Waals surface area (Å²) in [7, 11) is 0. The van der Waals surface area contributed by atoms with Crippen molar-refractivity contribution in [3.05, 3.63) is 35.5 Å². The van der Waals surface area contributed by atoms with Crippen LogP contribution in [-0.2, 0) is 9.53 Å². The molecule has 0 aliphatic heterocycles. The van der Waals surface area contributed by atoms with E-state index in [1.54, 1.807) is 6.08 Å². The zero-order chi connectivity index (χ0) is 16.8. The average Bonchev–Trinajstić information content (AvgIpc) is 2.44. The van der Waals surface area contributed by atoms with Crippen LogP contribution in [0.4, 0.5) is 0 Å². The third-order valence-corrected chi connectivity index (χ3v) is 3.44. The number of rotatable bonds is 11. The Kier molecular flexibility index (Phi) is 12.6. The minimum atomic E-state index is -0.226. The van der Waals surface area contributed by atoms with Crippen molar-refractivity contribution in [2.75, 3.05) is 6.61 Å². The Bertz CT molecular complexity index is 385. The number of hydrogen-bond acceptors (Lipinski definition) is 2. The highest BCUT2D eigenvalue weighted by Crippen LogP contribution is 2.11. The number of unbranched alkanes of at least 4 members (excludes halogenated alkanes) is 3. The molecule has 0 aliphatic carbocycles. The SMILES string of the molecule is CCCCCCOC(=O)C=C(C)C=CCC(C)CC=C(C)C. The van der Waals surface area contributed by atoms with Crippen LogP contribution < -0.4 is 0 Å². The number of hydrogen-bond donors (Lipinski definition) is 0. The second kappa shape index (κ2) is 13.4. The molecule has 2 heteroatoms. The highest BCUT2D eigenvalue weighted by molar-refractivity contribution is 5.83. The lowest BCUT2D eigenvalue weighted by Gasteiger charge is -2.05. The summed E-state index contributed by atoms with van der Waals surface area (Å²) in [6.45, 7) is 11.1. The molecule has 0 aliphatic rings. The molecule has 0 radical (unpaired) electrons. The predicted molar refractivity (Wildman–Crippen MR) is 95.8 cm³/mol. The van der Waals surface area contributed by atoms with Gasteiger partial charge in [0.15, 0.2) is 0 Å². The largest absolute Gasteiger partial charge is 0.463 e. The molecular formula is C20H34O2. The van der Waals surface area contributed by atoms with Crippen LogP contribution in [0.25, 0.3) is 0 Å². The fourth-order valence-electron chi connectivity index (χ4n) is 2.00. The van der Waals surface area contributed by atoms with Crippen LogP contribution in [0.3, 0.4) is 0 Å². The predicted octanol–water partition coefficient (Wildman–Crippen LogP) is 5.99. The molecule has 0 spiro atoms. The number of ether oxygens (including phenoxy) is 1. The first kappa shape index (κ1) is 20.7. The molecule has 0 rings (SSSR count).